The molecule has 0 aliphatic carbocycles. The quantitative estimate of drug-likeness (QED) is 0.523. The molecule has 0 fully saturated rings. The molecule has 0 saturated heterocycles. The Morgan fingerprint density at radius 3 is 2.27 bits per heavy atom. The van der Waals surface area contributed by atoms with Crippen LogP contribution in [0.5, 0.6) is 0 Å². The van der Waals surface area contributed by atoms with Crippen molar-refractivity contribution < 1.29 is 0 Å². The van der Waals surface area contributed by atoms with E-state index >= 15 is 0 Å². The molecule has 0 aliphatic rings. The molecule has 0 N–H and O–H groups in total. The summed E-state index contributed by atoms with van der Waals surface area (Å²) in [6.07, 6.45) is 0. The third kappa shape index (κ3) is 6.57. The Morgan fingerprint density at radius 2 is 1.91 bits per heavy atom. The van der Waals surface area contributed by atoms with Crippen LogP contribution in [0.15, 0.2) is 0 Å². The standard InChI is InChI=1S/C8H17I2N/c1-7(8(2)10)6-11(3)5-4-9/h7-8H,4-6H2,1-3H3. The molecule has 3 heteroatoms. The molecule has 0 bridgehead atoms. The second kappa shape index (κ2) is 6.88. The van der Waals surface area contributed by atoms with Gasteiger partial charge >= 0.3 is 0 Å². The molecule has 0 aromatic heterocycles. The summed E-state index contributed by atoms with van der Waals surface area (Å²) in [5, 5.41) is 0. The molecular weight excluding hydrogens is 364 g/mol. The molecule has 0 aliphatic heterocycles. The zero-order valence-electron chi connectivity index (χ0n) is 7.48. The minimum atomic E-state index is 0.782. The summed E-state index contributed by atoms with van der Waals surface area (Å²) in [6, 6.07) is 0. The maximum absolute atomic E-state index is 2.50. The first kappa shape index (κ1) is 12.4. The largest absolute Gasteiger partial charge is 0.305 e. The topological polar surface area (TPSA) is 3.24 Å². The summed E-state index contributed by atoms with van der Waals surface area (Å²) in [5.41, 5.74) is 0. The van der Waals surface area contributed by atoms with E-state index in [9.17, 15) is 0 Å². The van der Waals surface area contributed by atoms with Crippen molar-refractivity contribution in [3.63, 3.8) is 0 Å². The molecular formula is C8H17I2N. The van der Waals surface area contributed by atoms with Crippen molar-refractivity contribution in [2.45, 2.75) is 17.8 Å². The van der Waals surface area contributed by atoms with Gasteiger partial charge in [0.15, 0.2) is 0 Å². The van der Waals surface area contributed by atoms with Crippen LogP contribution < -0.4 is 0 Å². The number of nitrogens with zero attached hydrogens (tertiary/aromatic N) is 1. The molecule has 0 saturated carbocycles. The van der Waals surface area contributed by atoms with Crippen molar-refractivity contribution in [3.8, 4) is 0 Å². The Labute approximate surface area is 97.6 Å². The van der Waals surface area contributed by atoms with Crippen molar-refractivity contribution in [2.24, 2.45) is 5.92 Å². The van der Waals surface area contributed by atoms with Crippen LogP contribution >= 0.6 is 45.2 Å². The third-order valence-electron chi connectivity index (χ3n) is 1.85. The van der Waals surface area contributed by atoms with Crippen LogP contribution in [0.1, 0.15) is 13.8 Å². The zero-order valence-corrected chi connectivity index (χ0v) is 11.8. The summed E-state index contributed by atoms with van der Waals surface area (Å²) >= 11 is 4.92. The fourth-order valence-electron chi connectivity index (χ4n) is 0.872. The fraction of sp³-hybridized carbons (Fsp3) is 1.00. The third-order valence-corrected chi connectivity index (χ3v) is 3.56. The molecule has 0 aromatic rings. The molecule has 2 unspecified atom stereocenters. The predicted molar refractivity (Wildman–Crippen MR) is 69.0 cm³/mol. The van der Waals surface area contributed by atoms with Crippen LogP contribution in [0.2, 0.25) is 0 Å². The summed E-state index contributed by atoms with van der Waals surface area (Å²) in [6.45, 7) is 7.05. The Hall–Kier alpha value is 1.42. The lowest BCUT2D eigenvalue weighted by atomic mass is 10.1. The Kier molecular flexibility index (Phi) is 7.77. The Bertz CT molecular complexity index is 96.1. The lowest BCUT2D eigenvalue weighted by molar-refractivity contribution is 0.305. The van der Waals surface area contributed by atoms with Crippen LogP contribution in [0.25, 0.3) is 0 Å². The second-order valence-electron chi connectivity index (χ2n) is 3.11. The second-order valence-corrected chi connectivity index (χ2v) is 6.15. The van der Waals surface area contributed by atoms with Gasteiger partial charge < -0.3 is 4.90 Å². The van der Waals surface area contributed by atoms with Gasteiger partial charge in [0, 0.05) is 21.4 Å². The van der Waals surface area contributed by atoms with Gasteiger partial charge in [0.2, 0.25) is 0 Å². The van der Waals surface area contributed by atoms with E-state index in [1.54, 1.807) is 0 Å². The molecule has 0 rings (SSSR count). The van der Waals surface area contributed by atoms with Gasteiger partial charge in [0.25, 0.3) is 0 Å². The Morgan fingerprint density at radius 1 is 1.36 bits per heavy atom. The normalized spacial score (nSPS) is 16.9. The van der Waals surface area contributed by atoms with Crippen molar-refractivity contribution >= 4 is 45.2 Å². The minimum absolute atomic E-state index is 0.782. The number of halogens is 2. The highest BCUT2D eigenvalue weighted by Crippen LogP contribution is 2.12. The van der Waals surface area contributed by atoms with E-state index < -0.39 is 0 Å². The first-order valence-corrected chi connectivity index (χ1v) is 6.73. The Balaban J connectivity index is 3.48. The molecule has 1 nitrogen and oxygen atoms in total. The molecule has 68 valence electrons. The molecule has 0 radical (unpaired) electrons. The van der Waals surface area contributed by atoms with E-state index in [1.165, 1.54) is 17.5 Å². The number of hydrogen-bond acceptors (Lipinski definition) is 1. The maximum atomic E-state index is 2.50. The van der Waals surface area contributed by atoms with Gasteiger partial charge in [-0.05, 0) is 13.0 Å². The van der Waals surface area contributed by atoms with Crippen LogP contribution in [-0.2, 0) is 0 Å². The van der Waals surface area contributed by atoms with E-state index in [-0.39, 0.29) is 0 Å². The molecule has 0 heterocycles. The molecule has 0 amide bonds. The van der Waals surface area contributed by atoms with E-state index in [0.717, 1.165) is 9.84 Å². The lowest BCUT2D eigenvalue weighted by Gasteiger charge is -2.21. The monoisotopic (exact) mass is 381 g/mol. The van der Waals surface area contributed by atoms with Gasteiger partial charge in [-0.2, -0.15) is 0 Å². The van der Waals surface area contributed by atoms with Gasteiger partial charge in [-0.25, -0.2) is 0 Å². The van der Waals surface area contributed by atoms with E-state index in [4.69, 9.17) is 0 Å². The summed E-state index contributed by atoms with van der Waals surface area (Å²) in [7, 11) is 2.20. The van der Waals surface area contributed by atoms with Crippen molar-refractivity contribution in [1.82, 2.24) is 4.90 Å². The van der Waals surface area contributed by atoms with Gasteiger partial charge in [-0.1, -0.05) is 59.0 Å². The zero-order chi connectivity index (χ0) is 8.85. The number of alkyl halides is 2. The maximum Gasteiger partial charge on any atom is 0.0123 e. The minimum Gasteiger partial charge on any atom is -0.305 e. The van der Waals surface area contributed by atoms with Crippen molar-refractivity contribution in [3.05, 3.63) is 0 Å². The van der Waals surface area contributed by atoms with Gasteiger partial charge in [-0.15, -0.1) is 0 Å². The molecule has 11 heavy (non-hydrogen) atoms. The van der Waals surface area contributed by atoms with E-state index in [1.807, 2.05) is 0 Å². The van der Waals surface area contributed by atoms with Crippen LogP contribution in [-0.4, -0.2) is 33.4 Å². The predicted octanol–water partition coefficient (Wildman–Crippen LogP) is 2.81. The lowest BCUT2D eigenvalue weighted by Crippen LogP contribution is -2.29. The highest BCUT2D eigenvalue weighted by molar-refractivity contribution is 14.1. The SMILES string of the molecule is CC(I)C(C)CN(C)CCI. The molecule has 2 atom stereocenters. The summed E-state index contributed by atoms with van der Waals surface area (Å²) in [4.78, 5) is 2.41. The average Bonchev–Trinajstić information content (AvgIpc) is 1.87. The number of hydrogen-bond donors (Lipinski definition) is 0. The van der Waals surface area contributed by atoms with Gasteiger partial charge in [-0.3, -0.25) is 0 Å². The van der Waals surface area contributed by atoms with Crippen molar-refractivity contribution in [2.75, 3.05) is 24.6 Å². The van der Waals surface area contributed by atoms with Crippen molar-refractivity contribution in [1.29, 1.82) is 0 Å². The first-order valence-electron chi connectivity index (χ1n) is 3.96. The van der Waals surface area contributed by atoms with E-state index in [2.05, 4.69) is 71.0 Å². The highest BCUT2D eigenvalue weighted by Gasteiger charge is 2.10. The molecule has 0 spiro atoms. The summed E-state index contributed by atoms with van der Waals surface area (Å²) in [5.74, 6) is 0.809. The van der Waals surface area contributed by atoms with E-state index in [0.29, 0.717) is 0 Å². The number of rotatable bonds is 5. The average molecular weight is 381 g/mol. The highest BCUT2D eigenvalue weighted by atomic mass is 127. The van der Waals surface area contributed by atoms with Crippen LogP contribution in [0, 0.1) is 5.92 Å². The van der Waals surface area contributed by atoms with Crippen LogP contribution in [0.4, 0.5) is 0 Å². The van der Waals surface area contributed by atoms with Crippen LogP contribution in [0.3, 0.4) is 0 Å². The summed E-state index contributed by atoms with van der Waals surface area (Å²) < 4.78 is 2.01. The fourth-order valence-corrected chi connectivity index (χ4v) is 1.92. The first-order chi connectivity index (χ1) is 5.07. The van der Waals surface area contributed by atoms with Gasteiger partial charge in [0.05, 0.1) is 0 Å². The molecule has 0 aromatic carbocycles. The smallest absolute Gasteiger partial charge is 0.0123 e. The van der Waals surface area contributed by atoms with Gasteiger partial charge in [0.1, 0.15) is 0 Å².